The Morgan fingerprint density at radius 2 is 1.82 bits per heavy atom. The summed E-state index contributed by atoms with van der Waals surface area (Å²) in [4.78, 5) is 16.8. The first-order chi connectivity index (χ1) is 13.6. The lowest BCUT2D eigenvalue weighted by molar-refractivity contribution is 0.0664. The number of methoxy groups -OCH3 is 1. The number of aromatic amines is 1. The second kappa shape index (κ2) is 7.86. The number of piperazine rings is 1. The molecule has 1 aliphatic heterocycles. The molecule has 1 saturated heterocycles. The summed E-state index contributed by atoms with van der Waals surface area (Å²) in [6.45, 7) is 3.42. The van der Waals surface area contributed by atoms with Crippen LogP contribution in [0.15, 0.2) is 42.5 Å². The second-order valence-electron chi connectivity index (χ2n) is 7.07. The van der Waals surface area contributed by atoms with Crippen LogP contribution >= 0.6 is 0 Å². The van der Waals surface area contributed by atoms with E-state index in [0.717, 1.165) is 59.7 Å². The first-order valence-electron chi connectivity index (χ1n) is 9.42. The van der Waals surface area contributed by atoms with E-state index in [1.54, 1.807) is 7.11 Å². The summed E-state index contributed by atoms with van der Waals surface area (Å²) in [5, 5.41) is 8.44. The summed E-state index contributed by atoms with van der Waals surface area (Å²) in [6, 6.07) is 13.6. The maximum atomic E-state index is 12.6. The minimum atomic E-state index is 0.107. The van der Waals surface area contributed by atoms with E-state index in [2.05, 4.69) is 22.1 Å². The summed E-state index contributed by atoms with van der Waals surface area (Å²) < 4.78 is 5.24. The molecule has 28 heavy (non-hydrogen) atoms. The van der Waals surface area contributed by atoms with Crippen molar-refractivity contribution in [1.29, 1.82) is 0 Å². The topological polar surface area (TPSA) is 61.5 Å². The number of nitrogens with zero attached hydrogens (tertiary/aromatic N) is 3. The van der Waals surface area contributed by atoms with Crippen molar-refractivity contribution in [3.05, 3.63) is 59.3 Å². The number of hydrogen-bond acceptors (Lipinski definition) is 4. The molecule has 1 fully saturated rings. The Morgan fingerprint density at radius 3 is 2.54 bits per heavy atom. The highest BCUT2D eigenvalue weighted by Crippen LogP contribution is 2.23. The van der Waals surface area contributed by atoms with Crippen molar-refractivity contribution in [2.45, 2.75) is 0 Å². The van der Waals surface area contributed by atoms with E-state index in [4.69, 9.17) is 4.74 Å². The van der Waals surface area contributed by atoms with E-state index < -0.39 is 0 Å². The van der Waals surface area contributed by atoms with Crippen molar-refractivity contribution in [1.82, 2.24) is 20.0 Å². The molecule has 1 amide bonds. The van der Waals surface area contributed by atoms with Gasteiger partial charge in [-0.3, -0.25) is 9.89 Å². The summed E-state index contributed by atoms with van der Waals surface area (Å²) in [5.41, 5.74) is 3.57. The van der Waals surface area contributed by atoms with Crippen LogP contribution in [0.1, 0.15) is 21.6 Å². The molecule has 0 aliphatic carbocycles. The molecule has 1 aromatic heterocycles. The number of amides is 1. The van der Waals surface area contributed by atoms with Gasteiger partial charge in [0.15, 0.2) is 0 Å². The van der Waals surface area contributed by atoms with E-state index >= 15 is 0 Å². The third kappa shape index (κ3) is 3.77. The molecule has 0 unspecified atom stereocenters. The fourth-order valence-corrected chi connectivity index (χ4v) is 3.38. The number of carbonyl (C=O) groups is 1. The van der Waals surface area contributed by atoms with Crippen molar-refractivity contribution >= 4 is 29.0 Å². The van der Waals surface area contributed by atoms with E-state index in [9.17, 15) is 4.79 Å². The van der Waals surface area contributed by atoms with Gasteiger partial charge in [0, 0.05) is 43.2 Å². The van der Waals surface area contributed by atoms with E-state index in [1.165, 1.54) is 0 Å². The molecule has 0 radical (unpaired) electrons. The summed E-state index contributed by atoms with van der Waals surface area (Å²) >= 11 is 0. The minimum Gasteiger partial charge on any atom is -0.497 e. The molecule has 0 spiro atoms. The van der Waals surface area contributed by atoms with E-state index in [-0.39, 0.29) is 5.91 Å². The van der Waals surface area contributed by atoms with Crippen LogP contribution in [-0.4, -0.2) is 66.2 Å². The first kappa shape index (κ1) is 18.3. The molecule has 144 valence electrons. The van der Waals surface area contributed by atoms with Crippen LogP contribution in [0.5, 0.6) is 5.75 Å². The summed E-state index contributed by atoms with van der Waals surface area (Å²) in [7, 11) is 3.73. The molecule has 0 saturated carbocycles. The maximum Gasteiger partial charge on any atom is 0.253 e. The van der Waals surface area contributed by atoms with Gasteiger partial charge in [-0.25, -0.2) is 0 Å². The van der Waals surface area contributed by atoms with Gasteiger partial charge in [0.1, 0.15) is 5.75 Å². The van der Waals surface area contributed by atoms with Crippen molar-refractivity contribution < 1.29 is 9.53 Å². The van der Waals surface area contributed by atoms with Crippen LogP contribution in [0.3, 0.4) is 0 Å². The van der Waals surface area contributed by atoms with Gasteiger partial charge in [-0.2, -0.15) is 5.10 Å². The van der Waals surface area contributed by atoms with Crippen molar-refractivity contribution in [3.8, 4) is 5.75 Å². The van der Waals surface area contributed by atoms with Gasteiger partial charge in [0.25, 0.3) is 5.91 Å². The monoisotopic (exact) mass is 376 g/mol. The predicted octanol–water partition coefficient (Wildman–Crippen LogP) is 3.13. The molecular weight excluding hydrogens is 352 g/mol. The van der Waals surface area contributed by atoms with Crippen LogP contribution in [0, 0.1) is 0 Å². The third-order valence-electron chi connectivity index (χ3n) is 5.18. The number of rotatable bonds is 4. The van der Waals surface area contributed by atoms with Gasteiger partial charge >= 0.3 is 0 Å². The summed E-state index contributed by atoms with van der Waals surface area (Å²) in [5.74, 6) is 0.906. The molecule has 6 nitrogen and oxygen atoms in total. The molecule has 4 rings (SSSR count). The van der Waals surface area contributed by atoms with Crippen LogP contribution in [0.4, 0.5) is 0 Å². The van der Waals surface area contributed by atoms with Crippen molar-refractivity contribution in [3.63, 3.8) is 0 Å². The zero-order valence-corrected chi connectivity index (χ0v) is 16.2. The number of benzene rings is 2. The molecule has 2 heterocycles. The molecule has 6 heteroatoms. The Labute approximate surface area is 164 Å². The molecule has 0 bridgehead atoms. The van der Waals surface area contributed by atoms with Gasteiger partial charge in [-0.15, -0.1) is 0 Å². The largest absolute Gasteiger partial charge is 0.497 e. The lowest BCUT2D eigenvalue weighted by atomic mass is 10.1. The lowest BCUT2D eigenvalue weighted by Gasteiger charge is -2.32. The zero-order chi connectivity index (χ0) is 19.5. The predicted molar refractivity (Wildman–Crippen MR) is 111 cm³/mol. The molecular formula is C22H24N4O2. The lowest BCUT2D eigenvalue weighted by Crippen LogP contribution is -2.47. The summed E-state index contributed by atoms with van der Waals surface area (Å²) in [6.07, 6.45) is 3.98. The maximum absolute atomic E-state index is 12.6. The van der Waals surface area contributed by atoms with E-state index in [1.807, 2.05) is 59.5 Å². The number of fused-ring (bicyclic) bond motifs is 1. The van der Waals surface area contributed by atoms with Crippen LogP contribution in [0.25, 0.3) is 23.1 Å². The average Bonchev–Trinajstić information content (AvgIpc) is 3.15. The third-order valence-corrected chi connectivity index (χ3v) is 5.18. The molecule has 1 aliphatic rings. The van der Waals surface area contributed by atoms with E-state index in [0.29, 0.717) is 0 Å². The normalized spacial score (nSPS) is 15.4. The number of nitrogens with one attached hydrogen (secondary N) is 1. The fourth-order valence-electron chi connectivity index (χ4n) is 3.38. The molecule has 3 aromatic rings. The van der Waals surface area contributed by atoms with Crippen LogP contribution in [-0.2, 0) is 0 Å². The highest BCUT2D eigenvalue weighted by atomic mass is 16.5. The molecule has 0 atom stereocenters. The second-order valence-corrected chi connectivity index (χ2v) is 7.07. The van der Waals surface area contributed by atoms with Crippen molar-refractivity contribution in [2.24, 2.45) is 0 Å². The smallest absolute Gasteiger partial charge is 0.253 e. The standard InChI is InChI=1S/C22H24N4O2/c1-25-11-13-26(14-12-25)22(27)17-6-3-16(4-7-17)5-10-20-19-9-8-18(28-2)15-21(19)24-23-20/h3-10,15H,11-14H2,1-2H3,(H,23,24)/b10-5+. The van der Waals surface area contributed by atoms with Gasteiger partial charge in [-0.05, 0) is 43.0 Å². The van der Waals surface area contributed by atoms with Crippen molar-refractivity contribution in [2.75, 3.05) is 40.3 Å². The Bertz CT molecular complexity index is 999. The molecule has 2 aromatic carbocycles. The quantitative estimate of drug-likeness (QED) is 0.760. The Hall–Kier alpha value is -3.12. The zero-order valence-electron chi connectivity index (χ0n) is 16.2. The highest BCUT2D eigenvalue weighted by Gasteiger charge is 2.20. The number of likely N-dealkylation sites (N-methyl/N-ethyl adjacent to an activating group) is 1. The number of carbonyl (C=O) groups excluding carboxylic acids is 1. The van der Waals surface area contributed by atoms with Crippen LogP contribution in [0.2, 0.25) is 0 Å². The Kier molecular flexibility index (Phi) is 5.12. The van der Waals surface area contributed by atoms with Gasteiger partial charge in [-0.1, -0.05) is 18.2 Å². The Morgan fingerprint density at radius 1 is 1.07 bits per heavy atom. The average molecular weight is 376 g/mol. The fraction of sp³-hybridized carbons (Fsp3) is 0.273. The van der Waals surface area contributed by atoms with Crippen LogP contribution < -0.4 is 4.74 Å². The Balaban J connectivity index is 1.46. The van der Waals surface area contributed by atoms with Gasteiger partial charge in [0.05, 0.1) is 18.3 Å². The highest BCUT2D eigenvalue weighted by molar-refractivity contribution is 5.95. The number of aromatic nitrogens is 2. The SMILES string of the molecule is COc1ccc2c(/C=C/c3ccc(C(=O)N4CCN(C)CC4)cc3)n[nH]c2c1. The number of ether oxygens (including phenoxy) is 1. The first-order valence-corrected chi connectivity index (χ1v) is 9.42. The minimum absolute atomic E-state index is 0.107. The molecule has 1 N–H and O–H groups in total. The van der Waals surface area contributed by atoms with Gasteiger partial charge < -0.3 is 14.5 Å². The number of H-pyrrole nitrogens is 1. The number of hydrogen-bond donors (Lipinski definition) is 1. The van der Waals surface area contributed by atoms with Gasteiger partial charge in [0.2, 0.25) is 0 Å².